The second kappa shape index (κ2) is 6.44. The molecule has 1 N–H and O–H groups in total. The van der Waals surface area contributed by atoms with Crippen LogP contribution in [-0.2, 0) is 0 Å². The van der Waals surface area contributed by atoms with E-state index in [1.807, 2.05) is 0 Å². The Morgan fingerprint density at radius 1 is 1.26 bits per heavy atom. The first-order chi connectivity index (χ1) is 9.07. The lowest BCUT2D eigenvalue weighted by molar-refractivity contribution is -0.100. The van der Waals surface area contributed by atoms with Crippen molar-refractivity contribution < 1.29 is 5.11 Å². The molecule has 1 saturated heterocycles. The number of aliphatic hydroxyl groups is 1. The number of fused-ring (bicyclic) bond motifs is 1. The number of hydrogen-bond acceptors (Lipinski definition) is 2. The van der Waals surface area contributed by atoms with Gasteiger partial charge in [0.25, 0.3) is 0 Å². The van der Waals surface area contributed by atoms with E-state index >= 15 is 0 Å². The minimum atomic E-state index is -0.329. The smallest absolute Gasteiger partial charge is 0.0700 e. The van der Waals surface area contributed by atoms with E-state index < -0.39 is 0 Å². The highest BCUT2D eigenvalue weighted by atomic mass is 79.9. The van der Waals surface area contributed by atoms with E-state index in [1.54, 1.807) is 0 Å². The summed E-state index contributed by atoms with van der Waals surface area (Å²) in [6.07, 6.45) is 8.27. The third-order valence-corrected chi connectivity index (χ3v) is 7.04. The van der Waals surface area contributed by atoms with E-state index in [-0.39, 0.29) is 5.60 Å². The van der Waals surface area contributed by atoms with Crippen molar-refractivity contribution in [2.24, 2.45) is 11.3 Å². The Morgan fingerprint density at radius 3 is 2.63 bits per heavy atom. The Bertz CT molecular complexity index is 284. The molecule has 0 radical (unpaired) electrons. The minimum absolute atomic E-state index is 0.329. The first-order valence-electron chi connectivity index (χ1n) is 8.08. The molecule has 2 nitrogen and oxygen atoms in total. The van der Waals surface area contributed by atoms with Gasteiger partial charge in [0, 0.05) is 30.9 Å². The summed E-state index contributed by atoms with van der Waals surface area (Å²) < 4.78 is 0. The van der Waals surface area contributed by atoms with Gasteiger partial charge in [0.2, 0.25) is 0 Å². The molecule has 112 valence electrons. The van der Waals surface area contributed by atoms with E-state index in [4.69, 9.17) is 0 Å². The Labute approximate surface area is 127 Å². The van der Waals surface area contributed by atoms with Gasteiger partial charge in [0.05, 0.1) is 5.60 Å². The van der Waals surface area contributed by atoms with Crippen molar-refractivity contribution in [1.82, 2.24) is 4.90 Å². The molecule has 2 unspecified atom stereocenters. The van der Waals surface area contributed by atoms with Crippen LogP contribution in [0.25, 0.3) is 0 Å². The van der Waals surface area contributed by atoms with Crippen LogP contribution in [0.1, 0.15) is 58.8 Å². The second-order valence-electron chi connectivity index (χ2n) is 6.87. The number of alkyl halides is 1. The van der Waals surface area contributed by atoms with Crippen LogP contribution in [0.3, 0.4) is 0 Å². The van der Waals surface area contributed by atoms with E-state index in [0.717, 1.165) is 31.3 Å². The van der Waals surface area contributed by atoms with Crippen LogP contribution >= 0.6 is 15.9 Å². The lowest BCUT2D eigenvalue weighted by Crippen LogP contribution is -2.55. The molecule has 1 heterocycles. The van der Waals surface area contributed by atoms with Gasteiger partial charge in [-0.2, -0.15) is 0 Å². The largest absolute Gasteiger partial charge is 0.390 e. The molecule has 0 aromatic heterocycles. The van der Waals surface area contributed by atoms with Gasteiger partial charge in [-0.1, -0.05) is 42.6 Å². The number of halogens is 1. The van der Waals surface area contributed by atoms with Crippen molar-refractivity contribution in [2.45, 2.75) is 64.4 Å². The van der Waals surface area contributed by atoms with E-state index in [2.05, 4.69) is 34.7 Å². The molecule has 0 bridgehead atoms. The molecule has 2 atom stereocenters. The maximum absolute atomic E-state index is 10.7. The summed E-state index contributed by atoms with van der Waals surface area (Å²) in [5.74, 6) is 0.525. The fourth-order valence-electron chi connectivity index (χ4n) is 3.96. The van der Waals surface area contributed by atoms with Crippen molar-refractivity contribution in [1.29, 1.82) is 0 Å². The zero-order chi connectivity index (χ0) is 13.9. The maximum atomic E-state index is 10.7. The predicted molar refractivity (Wildman–Crippen MR) is 84.8 cm³/mol. The average Bonchev–Trinajstić information content (AvgIpc) is 2.45. The first kappa shape index (κ1) is 15.8. The normalized spacial score (nSPS) is 33.2. The van der Waals surface area contributed by atoms with Gasteiger partial charge in [-0.25, -0.2) is 0 Å². The Balaban J connectivity index is 1.97. The molecule has 0 aromatic carbocycles. The molecule has 19 heavy (non-hydrogen) atoms. The van der Waals surface area contributed by atoms with Crippen molar-refractivity contribution in [3.63, 3.8) is 0 Å². The van der Waals surface area contributed by atoms with Crippen LogP contribution in [0.15, 0.2) is 0 Å². The molecular weight excluding hydrogens is 302 g/mol. The quantitative estimate of drug-likeness (QED) is 0.774. The zero-order valence-electron chi connectivity index (χ0n) is 12.6. The molecule has 0 amide bonds. The SMILES string of the molecule is CCC(CC)(CBr)CN1CCC2(O)CCCCC2C1. The highest BCUT2D eigenvalue weighted by Gasteiger charge is 2.43. The van der Waals surface area contributed by atoms with Crippen molar-refractivity contribution in [2.75, 3.05) is 25.0 Å². The lowest BCUT2D eigenvalue weighted by atomic mass is 9.70. The topological polar surface area (TPSA) is 23.5 Å². The number of piperidine rings is 1. The number of hydrogen-bond donors (Lipinski definition) is 1. The molecular formula is C16H30BrNO. The van der Waals surface area contributed by atoms with Crippen LogP contribution in [0.5, 0.6) is 0 Å². The van der Waals surface area contributed by atoms with E-state index in [9.17, 15) is 5.11 Å². The van der Waals surface area contributed by atoms with Gasteiger partial charge in [-0.05, 0) is 37.5 Å². The second-order valence-corrected chi connectivity index (χ2v) is 7.43. The number of nitrogens with zero attached hydrogens (tertiary/aromatic N) is 1. The Morgan fingerprint density at radius 2 is 2.00 bits per heavy atom. The fourth-order valence-corrected chi connectivity index (χ4v) is 4.93. The fraction of sp³-hybridized carbons (Fsp3) is 1.00. The van der Waals surface area contributed by atoms with Crippen LogP contribution in [0, 0.1) is 11.3 Å². The van der Waals surface area contributed by atoms with Crippen LogP contribution < -0.4 is 0 Å². The highest BCUT2D eigenvalue weighted by molar-refractivity contribution is 9.09. The van der Waals surface area contributed by atoms with Crippen molar-refractivity contribution >= 4 is 15.9 Å². The summed E-state index contributed by atoms with van der Waals surface area (Å²) >= 11 is 3.72. The van der Waals surface area contributed by atoms with Gasteiger partial charge in [-0.15, -0.1) is 0 Å². The molecule has 2 fully saturated rings. The molecule has 1 aliphatic heterocycles. The van der Waals surface area contributed by atoms with Gasteiger partial charge in [-0.3, -0.25) is 0 Å². The lowest BCUT2D eigenvalue weighted by Gasteiger charge is -2.49. The summed E-state index contributed by atoms with van der Waals surface area (Å²) in [6.45, 7) is 8.02. The third kappa shape index (κ3) is 3.36. The standard InChI is InChI=1S/C16H30BrNO/c1-3-15(4-2,12-17)13-18-10-9-16(19)8-6-5-7-14(16)11-18/h14,19H,3-13H2,1-2H3. The molecule has 1 saturated carbocycles. The van der Waals surface area contributed by atoms with Gasteiger partial charge in [0.1, 0.15) is 0 Å². The average molecular weight is 332 g/mol. The zero-order valence-corrected chi connectivity index (χ0v) is 14.2. The van der Waals surface area contributed by atoms with Gasteiger partial charge >= 0.3 is 0 Å². The monoisotopic (exact) mass is 331 g/mol. The molecule has 2 aliphatic rings. The third-order valence-electron chi connectivity index (χ3n) is 5.85. The molecule has 1 aliphatic carbocycles. The van der Waals surface area contributed by atoms with Crippen molar-refractivity contribution in [3.05, 3.63) is 0 Å². The van der Waals surface area contributed by atoms with Crippen molar-refractivity contribution in [3.8, 4) is 0 Å². The van der Waals surface area contributed by atoms with Crippen LogP contribution in [0.4, 0.5) is 0 Å². The summed E-state index contributed by atoms with van der Waals surface area (Å²) in [7, 11) is 0. The summed E-state index contributed by atoms with van der Waals surface area (Å²) in [6, 6.07) is 0. The number of rotatable bonds is 5. The Kier molecular flexibility index (Phi) is 5.35. The van der Waals surface area contributed by atoms with E-state index in [1.165, 1.54) is 38.6 Å². The highest BCUT2D eigenvalue weighted by Crippen LogP contribution is 2.41. The van der Waals surface area contributed by atoms with Gasteiger partial charge < -0.3 is 10.0 Å². The molecule has 3 heteroatoms. The first-order valence-corrected chi connectivity index (χ1v) is 9.20. The summed E-state index contributed by atoms with van der Waals surface area (Å²) in [5.41, 5.74) is 0.0916. The summed E-state index contributed by atoms with van der Waals surface area (Å²) in [5, 5.41) is 11.8. The molecule has 2 rings (SSSR count). The molecule has 0 spiro atoms. The predicted octanol–water partition coefficient (Wildman–Crippen LogP) is 3.81. The van der Waals surface area contributed by atoms with E-state index in [0.29, 0.717) is 11.3 Å². The van der Waals surface area contributed by atoms with Crippen LogP contribution in [0.2, 0.25) is 0 Å². The molecule has 0 aromatic rings. The van der Waals surface area contributed by atoms with Crippen LogP contribution in [-0.4, -0.2) is 40.6 Å². The maximum Gasteiger partial charge on any atom is 0.0700 e. The number of likely N-dealkylation sites (tertiary alicyclic amines) is 1. The minimum Gasteiger partial charge on any atom is -0.390 e. The Hall–Kier alpha value is 0.400. The summed E-state index contributed by atoms with van der Waals surface area (Å²) in [4.78, 5) is 2.62. The van der Waals surface area contributed by atoms with Gasteiger partial charge in [0.15, 0.2) is 0 Å².